The molecule has 0 bridgehead atoms. The normalized spacial score (nSPS) is 17.2. The summed E-state index contributed by atoms with van der Waals surface area (Å²) in [6.07, 6.45) is 1.10. The van der Waals surface area contributed by atoms with Gasteiger partial charge in [-0.05, 0) is 51.0 Å². The van der Waals surface area contributed by atoms with E-state index in [1.54, 1.807) is 0 Å². The SMILES string of the molecule is CC(C)NC(=O)NC1CCN(S(=O)(=O)c2ccc(F)cc2)CC1. The molecule has 0 saturated carbocycles. The summed E-state index contributed by atoms with van der Waals surface area (Å²) >= 11 is 0. The van der Waals surface area contributed by atoms with E-state index >= 15 is 0 Å². The van der Waals surface area contributed by atoms with Crippen molar-refractivity contribution in [3.05, 3.63) is 30.1 Å². The molecule has 1 aromatic carbocycles. The minimum absolute atomic E-state index is 0.0478. The summed E-state index contributed by atoms with van der Waals surface area (Å²) < 4.78 is 39.3. The van der Waals surface area contributed by atoms with Crippen LogP contribution in [0.5, 0.6) is 0 Å². The first kappa shape index (κ1) is 17.7. The van der Waals surface area contributed by atoms with Crippen LogP contribution < -0.4 is 10.6 Å². The van der Waals surface area contributed by atoms with E-state index in [2.05, 4.69) is 10.6 Å². The molecule has 23 heavy (non-hydrogen) atoms. The number of benzene rings is 1. The van der Waals surface area contributed by atoms with Gasteiger partial charge >= 0.3 is 6.03 Å². The molecule has 1 saturated heterocycles. The molecule has 1 aliphatic heterocycles. The van der Waals surface area contributed by atoms with Gasteiger partial charge in [-0.25, -0.2) is 17.6 Å². The number of amides is 2. The molecule has 128 valence electrons. The molecule has 1 aromatic rings. The molecule has 0 aliphatic carbocycles. The van der Waals surface area contributed by atoms with Crippen molar-refractivity contribution >= 4 is 16.1 Å². The van der Waals surface area contributed by atoms with Crippen LogP contribution in [0.4, 0.5) is 9.18 Å². The standard InChI is InChI=1S/C15H22FN3O3S/c1-11(2)17-15(20)18-13-7-9-19(10-8-13)23(21,22)14-5-3-12(16)4-6-14/h3-6,11,13H,7-10H2,1-2H3,(H2,17,18,20). The Bertz CT molecular complexity index is 638. The second kappa shape index (κ2) is 7.27. The van der Waals surface area contributed by atoms with E-state index in [9.17, 15) is 17.6 Å². The van der Waals surface area contributed by atoms with E-state index in [0.717, 1.165) is 12.1 Å². The maximum absolute atomic E-state index is 12.9. The second-order valence-corrected chi connectivity index (χ2v) is 7.84. The zero-order chi connectivity index (χ0) is 17.0. The van der Waals surface area contributed by atoms with Crippen LogP contribution in [0.2, 0.25) is 0 Å². The van der Waals surface area contributed by atoms with Gasteiger partial charge < -0.3 is 10.6 Å². The van der Waals surface area contributed by atoms with Crippen LogP contribution in [0.1, 0.15) is 26.7 Å². The highest BCUT2D eigenvalue weighted by Crippen LogP contribution is 2.21. The number of nitrogens with zero attached hydrogens (tertiary/aromatic N) is 1. The van der Waals surface area contributed by atoms with Gasteiger partial charge in [0.2, 0.25) is 10.0 Å². The zero-order valence-electron chi connectivity index (χ0n) is 13.3. The summed E-state index contributed by atoms with van der Waals surface area (Å²) in [7, 11) is -3.61. The van der Waals surface area contributed by atoms with Crippen molar-refractivity contribution in [3.63, 3.8) is 0 Å². The Morgan fingerprint density at radius 1 is 1.22 bits per heavy atom. The third-order valence-corrected chi connectivity index (χ3v) is 5.57. The molecule has 2 rings (SSSR count). The van der Waals surface area contributed by atoms with Gasteiger partial charge in [-0.15, -0.1) is 0 Å². The summed E-state index contributed by atoms with van der Waals surface area (Å²) in [4.78, 5) is 11.7. The van der Waals surface area contributed by atoms with Crippen LogP contribution in [-0.4, -0.2) is 43.9 Å². The molecular formula is C15H22FN3O3S. The van der Waals surface area contributed by atoms with Crippen molar-refractivity contribution in [3.8, 4) is 0 Å². The minimum Gasteiger partial charge on any atom is -0.336 e. The van der Waals surface area contributed by atoms with Crippen molar-refractivity contribution in [1.29, 1.82) is 0 Å². The molecule has 2 N–H and O–H groups in total. The number of halogens is 1. The lowest BCUT2D eigenvalue weighted by atomic mass is 10.1. The maximum Gasteiger partial charge on any atom is 0.315 e. The molecule has 6 nitrogen and oxygen atoms in total. The van der Waals surface area contributed by atoms with E-state index in [-0.39, 0.29) is 23.0 Å². The van der Waals surface area contributed by atoms with E-state index in [1.807, 2.05) is 13.8 Å². The highest BCUT2D eigenvalue weighted by atomic mass is 32.2. The Morgan fingerprint density at radius 3 is 2.30 bits per heavy atom. The highest BCUT2D eigenvalue weighted by Gasteiger charge is 2.29. The van der Waals surface area contributed by atoms with E-state index in [1.165, 1.54) is 16.4 Å². The summed E-state index contributed by atoms with van der Waals surface area (Å²) in [6.45, 7) is 4.40. The average Bonchev–Trinajstić information content (AvgIpc) is 2.47. The predicted octanol–water partition coefficient (Wildman–Crippen LogP) is 1.69. The number of urea groups is 1. The number of carbonyl (C=O) groups excluding carboxylic acids is 1. The van der Waals surface area contributed by atoms with Crippen LogP contribution in [-0.2, 0) is 10.0 Å². The van der Waals surface area contributed by atoms with Crippen molar-refractivity contribution in [2.24, 2.45) is 0 Å². The van der Waals surface area contributed by atoms with Crippen LogP contribution >= 0.6 is 0 Å². The van der Waals surface area contributed by atoms with Gasteiger partial charge in [-0.2, -0.15) is 4.31 Å². The Kier molecular flexibility index (Phi) is 5.59. The lowest BCUT2D eigenvalue weighted by Gasteiger charge is -2.31. The van der Waals surface area contributed by atoms with Gasteiger partial charge in [0.15, 0.2) is 0 Å². The third-order valence-electron chi connectivity index (χ3n) is 3.66. The summed E-state index contributed by atoms with van der Waals surface area (Å²) in [5.74, 6) is -0.469. The molecule has 1 fully saturated rings. The molecule has 1 heterocycles. The van der Waals surface area contributed by atoms with Crippen molar-refractivity contribution in [2.45, 2.75) is 43.7 Å². The van der Waals surface area contributed by atoms with Crippen LogP contribution in [0.3, 0.4) is 0 Å². The van der Waals surface area contributed by atoms with Crippen LogP contribution in [0.15, 0.2) is 29.2 Å². The number of rotatable bonds is 4. The smallest absolute Gasteiger partial charge is 0.315 e. The van der Waals surface area contributed by atoms with E-state index < -0.39 is 15.8 Å². The van der Waals surface area contributed by atoms with Crippen LogP contribution in [0.25, 0.3) is 0 Å². The number of carbonyl (C=O) groups is 1. The number of hydrogen-bond donors (Lipinski definition) is 2. The van der Waals surface area contributed by atoms with Crippen molar-refractivity contribution < 1.29 is 17.6 Å². The maximum atomic E-state index is 12.9. The van der Waals surface area contributed by atoms with Crippen molar-refractivity contribution in [2.75, 3.05) is 13.1 Å². The first-order chi connectivity index (χ1) is 10.8. The highest BCUT2D eigenvalue weighted by molar-refractivity contribution is 7.89. The van der Waals surface area contributed by atoms with Gasteiger partial charge in [-0.3, -0.25) is 0 Å². The molecular weight excluding hydrogens is 321 g/mol. The van der Waals surface area contributed by atoms with Gasteiger partial charge in [0.25, 0.3) is 0 Å². The van der Waals surface area contributed by atoms with Crippen molar-refractivity contribution in [1.82, 2.24) is 14.9 Å². The number of hydrogen-bond acceptors (Lipinski definition) is 3. The Morgan fingerprint density at radius 2 is 1.78 bits per heavy atom. The molecule has 8 heteroatoms. The molecule has 0 atom stereocenters. The monoisotopic (exact) mass is 343 g/mol. The van der Waals surface area contributed by atoms with Gasteiger partial charge in [0.1, 0.15) is 5.82 Å². The molecule has 1 aliphatic rings. The summed E-state index contributed by atoms with van der Waals surface area (Å²) in [5.41, 5.74) is 0. The van der Waals surface area contributed by atoms with Crippen LogP contribution in [0, 0.1) is 5.82 Å². The average molecular weight is 343 g/mol. The molecule has 0 spiro atoms. The fraction of sp³-hybridized carbons (Fsp3) is 0.533. The fourth-order valence-corrected chi connectivity index (χ4v) is 3.96. The Balaban J connectivity index is 1.93. The number of sulfonamides is 1. The minimum atomic E-state index is -3.61. The first-order valence-corrected chi connectivity index (χ1v) is 9.06. The summed E-state index contributed by atoms with van der Waals surface area (Å²) in [5, 5.41) is 5.59. The zero-order valence-corrected chi connectivity index (χ0v) is 14.1. The largest absolute Gasteiger partial charge is 0.336 e. The predicted molar refractivity (Wildman–Crippen MR) is 85.0 cm³/mol. The van der Waals surface area contributed by atoms with Gasteiger partial charge in [0.05, 0.1) is 4.90 Å². The number of nitrogens with one attached hydrogen (secondary N) is 2. The Labute approximate surface area is 136 Å². The topological polar surface area (TPSA) is 78.5 Å². The van der Waals surface area contributed by atoms with E-state index in [0.29, 0.717) is 25.9 Å². The summed E-state index contributed by atoms with van der Waals surface area (Å²) in [6, 6.07) is 4.58. The Hall–Kier alpha value is -1.67. The van der Waals surface area contributed by atoms with E-state index in [4.69, 9.17) is 0 Å². The lowest BCUT2D eigenvalue weighted by molar-refractivity contribution is 0.225. The second-order valence-electron chi connectivity index (χ2n) is 5.90. The lowest BCUT2D eigenvalue weighted by Crippen LogP contribution is -2.50. The fourth-order valence-electron chi connectivity index (χ4n) is 2.49. The third kappa shape index (κ3) is 4.65. The quantitative estimate of drug-likeness (QED) is 0.873. The molecule has 0 radical (unpaired) electrons. The first-order valence-electron chi connectivity index (χ1n) is 7.62. The molecule has 0 unspecified atom stereocenters. The van der Waals surface area contributed by atoms with Gasteiger partial charge in [0, 0.05) is 25.2 Å². The molecule has 0 aromatic heterocycles. The molecule has 2 amide bonds. The number of piperidine rings is 1. The van der Waals surface area contributed by atoms with Gasteiger partial charge in [-0.1, -0.05) is 0 Å².